The van der Waals surface area contributed by atoms with Crippen LogP contribution in [0.1, 0.15) is 30.6 Å². The van der Waals surface area contributed by atoms with Gasteiger partial charge >= 0.3 is 6.03 Å². The first kappa shape index (κ1) is 18.2. The van der Waals surface area contributed by atoms with Gasteiger partial charge in [0.05, 0.1) is 19.4 Å². The monoisotopic (exact) mass is 355 g/mol. The lowest BCUT2D eigenvalue weighted by Crippen LogP contribution is -2.49. The average molecular weight is 355 g/mol. The van der Waals surface area contributed by atoms with Gasteiger partial charge in [-0.2, -0.15) is 0 Å². The van der Waals surface area contributed by atoms with Crippen molar-refractivity contribution in [2.45, 2.75) is 38.3 Å². The Morgan fingerprint density at radius 2 is 1.96 bits per heavy atom. The second-order valence-corrected chi connectivity index (χ2v) is 6.62. The molecule has 1 unspecified atom stereocenters. The zero-order valence-corrected chi connectivity index (χ0v) is 14.8. The van der Waals surface area contributed by atoms with E-state index in [1.165, 1.54) is 12.0 Å². The van der Waals surface area contributed by atoms with E-state index in [0.29, 0.717) is 11.8 Å². The summed E-state index contributed by atoms with van der Waals surface area (Å²) in [4.78, 5) is 26.3. The highest BCUT2D eigenvalue weighted by Gasteiger charge is 2.25. The van der Waals surface area contributed by atoms with Crippen molar-refractivity contribution in [1.29, 1.82) is 0 Å². The second kappa shape index (κ2) is 9.20. The molecule has 0 radical (unpaired) electrons. The maximum atomic E-state index is 12.2. The predicted octanol–water partition coefficient (Wildman–Crippen LogP) is 2.70. The van der Waals surface area contributed by atoms with Gasteiger partial charge in [0.25, 0.3) is 0 Å². The predicted molar refractivity (Wildman–Crippen MR) is 98.4 cm³/mol. The molecule has 1 saturated heterocycles. The third-order valence-corrected chi connectivity index (χ3v) is 4.67. The van der Waals surface area contributed by atoms with Crippen LogP contribution in [0.3, 0.4) is 0 Å². The van der Waals surface area contributed by atoms with Crippen LogP contribution >= 0.6 is 0 Å². The van der Waals surface area contributed by atoms with E-state index in [9.17, 15) is 9.59 Å². The van der Waals surface area contributed by atoms with Crippen LogP contribution in [0.2, 0.25) is 0 Å². The Morgan fingerprint density at radius 1 is 1.12 bits per heavy atom. The molecule has 0 spiro atoms. The Bertz CT molecular complexity index is 700. The summed E-state index contributed by atoms with van der Waals surface area (Å²) in [6.45, 7) is 1.39. The first-order chi connectivity index (χ1) is 12.7. The van der Waals surface area contributed by atoms with Crippen molar-refractivity contribution in [3.8, 4) is 0 Å². The summed E-state index contributed by atoms with van der Waals surface area (Å²) < 4.78 is 5.15. The number of carbonyl (C=O) groups excluding carboxylic acids is 2. The van der Waals surface area contributed by atoms with Crippen LogP contribution < -0.4 is 10.6 Å². The van der Waals surface area contributed by atoms with E-state index in [2.05, 4.69) is 27.7 Å². The minimum atomic E-state index is -0.497. The lowest BCUT2D eigenvalue weighted by molar-refractivity contribution is -0.122. The fourth-order valence-electron chi connectivity index (χ4n) is 3.36. The van der Waals surface area contributed by atoms with E-state index in [-0.39, 0.29) is 19.0 Å². The van der Waals surface area contributed by atoms with Gasteiger partial charge in [0, 0.05) is 6.04 Å². The number of benzene rings is 1. The molecule has 138 valence electrons. The topological polar surface area (TPSA) is 74.6 Å². The molecule has 6 heteroatoms. The molecule has 0 bridgehead atoms. The highest BCUT2D eigenvalue weighted by atomic mass is 16.3. The van der Waals surface area contributed by atoms with Gasteiger partial charge in [-0.1, -0.05) is 36.8 Å². The molecule has 6 nitrogen and oxygen atoms in total. The normalized spacial score (nSPS) is 17.6. The molecular formula is C20H25N3O3. The Kier molecular flexibility index (Phi) is 6.44. The van der Waals surface area contributed by atoms with Crippen molar-refractivity contribution >= 4 is 11.9 Å². The highest BCUT2D eigenvalue weighted by Crippen LogP contribution is 2.20. The number of hydrogen-bond acceptors (Lipinski definition) is 4. The average Bonchev–Trinajstić information content (AvgIpc) is 3.16. The molecule has 2 N–H and O–H groups in total. The van der Waals surface area contributed by atoms with Crippen LogP contribution in [-0.4, -0.2) is 36.0 Å². The number of carbonyl (C=O) groups is 2. The number of likely N-dealkylation sites (tertiary alicyclic amines) is 1. The number of furan rings is 1. The van der Waals surface area contributed by atoms with Crippen LogP contribution in [0.15, 0.2) is 53.1 Å². The van der Waals surface area contributed by atoms with E-state index in [4.69, 9.17) is 4.42 Å². The molecule has 3 rings (SSSR count). The van der Waals surface area contributed by atoms with Gasteiger partial charge in [-0.15, -0.1) is 0 Å². The van der Waals surface area contributed by atoms with E-state index >= 15 is 0 Å². The molecule has 1 fully saturated rings. The van der Waals surface area contributed by atoms with Crippen molar-refractivity contribution in [2.75, 3.05) is 13.1 Å². The van der Waals surface area contributed by atoms with Gasteiger partial charge in [-0.05, 0) is 43.5 Å². The molecule has 0 aliphatic carbocycles. The smallest absolute Gasteiger partial charge is 0.321 e. The highest BCUT2D eigenvalue weighted by molar-refractivity contribution is 5.95. The summed E-state index contributed by atoms with van der Waals surface area (Å²) in [5, 5.41) is 5.02. The SMILES string of the molecule is O=C(CN1CCCCC1Cc1ccccc1)NC(=O)NCc1ccco1. The van der Waals surface area contributed by atoms with Gasteiger partial charge in [-0.25, -0.2) is 4.79 Å². The summed E-state index contributed by atoms with van der Waals surface area (Å²) in [6, 6.07) is 13.7. The zero-order chi connectivity index (χ0) is 18.2. The van der Waals surface area contributed by atoms with Crippen LogP contribution in [0.4, 0.5) is 4.79 Å². The van der Waals surface area contributed by atoms with E-state index < -0.39 is 6.03 Å². The fourth-order valence-corrected chi connectivity index (χ4v) is 3.36. The van der Waals surface area contributed by atoms with Crippen LogP contribution in [0.5, 0.6) is 0 Å². The third-order valence-electron chi connectivity index (χ3n) is 4.67. The van der Waals surface area contributed by atoms with Gasteiger partial charge in [0.2, 0.25) is 5.91 Å². The maximum Gasteiger partial charge on any atom is 0.321 e. The largest absolute Gasteiger partial charge is 0.467 e. The molecule has 2 heterocycles. The Hall–Kier alpha value is -2.60. The van der Waals surface area contributed by atoms with Crippen molar-refractivity contribution in [2.24, 2.45) is 0 Å². The third kappa shape index (κ3) is 5.46. The van der Waals surface area contributed by atoms with Crippen LogP contribution in [-0.2, 0) is 17.8 Å². The molecule has 1 aliphatic heterocycles. The molecule has 26 heavy (non-hydrogen) atoms. The number of rotatable bonds is 6. The quantitative estimate of drug-likeness (QED) is 0.835. The molecular weight excluding hydrogens is 330 g/mol. The molecule has 1 aliphatic rings. The van der Waals surface area contributed by atoms with Gasteiger partial charge < -0.3 is 9.73 Å². The lowest BCUT2D eigenvalue weighted by atomic mass is 9.95. The van der Waals surface area contributed by atoms with Crippen molar-refractivity contribution in [3.05, 3.63) is 60.1 Å². The molecule has 1 atom stereocenters. The fraction of sp³-hybridized carbons (Fsp3) is 0.400. The van der Waals surface area contributed by atoms with Gasteiger partial charge in [0.1, 0.15) is 5.76 Å². The Labute approximate surface area is 153 Å². The summed E-state index contributed by atoms with van der Waals surface area (Å²) >= 11 is 0. The molecule has 1 aromatic carbocycles. The van der Waals surface area contributed by atoms with Crippen molar-refractivity contribution in [1.82, 2.24) is 15.5 Å². The zero-order valence-electron chi connectivity index (χ0n) is 14.8. The summed E-state index contributed by atoms with van der Waals surface area (Å²) in [7, 11) is 0. The maximum absolute atomic E-state index is 12.2. The number of amides is 3. The Morgan fingerprint density at radius 3 is 2.73 bits per heavy atom. The molecule has 2 aromatic rings. The molecule has 3 amide bonds. The van der Waals surface area contributed by atoms with Crippen LogP contribution in [0.25, 0.3) is 0 Å². The van der Waals surface area contributed by atoms with Crippen LogP contribution in [0, 0.1) is 0 Å². The minimum absolute atomic E-state index is 0.242. The molecule has 0 saturated carbocycles. The van der Waals surface area contributed by atoms with E-state index in [1.807, 2.05) is 18.2 Å². The Balaban J connectivity index is 1.47. The number of urea groups is 1. The minimum Gasteiger partial charge on any atom is -0.467 e. The summed E-state index contributed by atoms with van der Waals surface area (Å²) in [6.07, 6.45) is 5.82. The van der Waals surface area contributed by atoms with Gasteiger partial charge in [0.15, 0.2) is 0 Å². The van der Waals surface area contributed by atoms with E-state index in [1.54, 1.807) is 18.4 Å². The number of imide groups is 1. The number of nitrogens with zero attached hydrogens (tertiary/aromatic N) is 1. The number of hydrogen-bond donors (Lipinski definition) is 2. The summed E-state index contributed by atoms with van der Waals surface area (Å²) in [5.74, 6) is 0.369. The van der Waals surface area contributed by atoms with Crippen molar-refractivity contribution < 1.29 is 14.0 Å². The van der Waals surface area contributed by atoms with Crippen molar-refractivity contribution in [3.63, 3.8) is 0 Å². The van der Waals surface area contributed by atoms with Gasteiger partial charge in [-0.3, -0.25) is 15.0 Å². The molecule has 1 aromatic heterocycles. The summed E-state index contributed by atoms with van der Waals surface area (Å²) in [5.41, 5.74) is 1.28. The van der Waals surface area contributed by atoms with E-state index in [0.717, 1.165) is 25.8 Å². The lowest BCUT2D eigenvalue weighted by Gasteiger charge is -2.35. The number of nitrogens with one attached hydrogen (secondary N) is 2. The first-order valence-corrected chi connectivity index (χ1v) is 9.09. The first-order valence-electron chi connectivity index (χ1n) is 9.09. The number of piperidine rings is 1. The second-order valence-electron chi connectivity index (χ2n) is 6.62. The standard InChI is InChI=1S/C20H25N3O3/c24-19(22-20(25)21-14-18-10-6-12-26-18)15-23-11-5-4-9-17(23)13-16-7-2-1-3-8-16/h1-3,6-8,10,12,17H,4-5,9,11,13-15H2,(H2,21,22,24,25).